The topological polar surface area (TPSA) is 67.6 Å². The highest BCUT2D eigenvalue weighted by molar-refractivity contribution is 5.74. The molecule has 0 aromatic carbocycles. The fourth-order valence-corrected chi connectivity index (χ4v) is 1.60. The van der Waals surface area contributed by atoms with Gasteiger partial charge in [0.2, 0.25) is 0 Å². The van der Waals surface area contributed by atoms with Crippen molar-refractivity contribution >= 4 is 6.03 Å². The maximum atomic E-state index is 11.7. The average molecular weight is 215 g/mol. The minimum atomic E-state index is -0.233. The molecule has 1 aliphatic rings. The van der Waals surface area contributed by atoms with Gasteiger partial charge in [-0.25, -0.2) is 4.79 Å². The second kappa shape index (κ2) is 5.32. The Bertz CT molecular complexity index is 219. The molecular formula is C10H21N3O2. The van der Waals surface area contributed by atoms with E-state index in [1.54, 1.807) is 4.90 Å². The molecular weight excluding hydrogens is 194 g/mol. The fourth-order valence-electron chi connectivity index (χ4n) is 1.60. The first-order valence-corrected chi connectivity index (χ1v) is 5.42. The summed E-state index contributed by atoms with van der Waals surface area (Å²) in [7, 11) is 0. The number of amides is 2. The summed E-state index contributed by atoms with van der Waals surface area (Å²) in [5.74, 6) is 0. The second-order valence-corrected chi connectivity index (χ2v) is 4.40. The number of carbonyl (C=O) groups excluding carboxylic acids is 1. The van der Waals surface area contributed by atoms with Crippen LogP contribution in [0.2, 0.25) is 0 Å². The minimum absolute atomic E-state index is 0.0141. The number of nitrogens with two attached hydrogens (primary N) is 1. The van der Waals surface area contributed by atoms with Crippen LogP contribution in [0, 0.1) is 0 Å². The number of rotatable bonds is 3. The number of carbonyl (C=O) groups is 1. The van der Waals surface area contributed by atoms with Gasteiger partial charge in [-0.05, 0) is 26.8 Å². The average Bonchev–Trinajstić information content (AvgIpc) is 2.16. The minimum Gasteiger partial charge on any atom is -0.372 e. The van der Waals surface area contributed by atoms with Crippen LogP contribution >= 0.6 is 0 Å². The van der Waals surface area contributed by atoms with E-state index < -0.39 is 0 Å². The van der Waals surface area contributed by atoms with Crippen molar-refractivity contribution in [2.45, 2.75) is 25.9 Å². The van der Waals surface area contributed by atoms with Crippen LogP contribution in [-0.4, -0.2) is 49.3 Å². The Morgan fingerprint density at radius 3 is 2.93 bits per heavy atom. The van der Waals surface area contributed by atoms with E-state index in [4.69, 9.17) is 10.5 Å². The van der Waals surface area contributed by atoms with Crippen molar-refractivity contribution < 1.29 is 9.53 Å². The Hall–Kier alpha value is -0.810. The van der Waals surface area contributed by atoms with Crippen LogP contribution in [0.25, 0.3) is 0 Å². The fraction of sp³-hybridized carbons (Fsp3) is 0.900. The van der Waals surface area contributed by atoms with Crippen LogP contribution in [-0.2, 0) is 4.74 Å². The Labute approximate surface area is 90.9 Å². The van der Waals surface area contributed by atoms with E-state index in [0.717, 1.165) is 6.42 Å². The third-order valence-electron chi connectivity index (χ3n) is 2.37. The highest BCUT2D eigenvalue weighted by Crippen LogP contribution is 2.16. The van der Waals surface area contributed by atoms with Crippen molar-refractivity contribution in [2.24, 2.45) is 5.73 Å². The van der Waals surface area contributed by atoms with Gasteiger partial charge in [0, 0.05) is 13.1 Å². The summed E-state index contributed by atoms with van der Waals surface area (Å²) >= 11 is 0. The summed E-state index contributed by atoms with van der Waals surface area (Å²) in [6.07, 6.45) is 0.819. The molecule has 0 aliphatic carbocycles. The van der Waals surface area contributed by atoms with Crippen molar-refractivity contribution in [3.8, 4) is 0 Å². The Morgan fingerprint density at radius 2 is 2.33 bits per heavy atom. The molecule has 3 N–H and O–H groups in total. The second-order valence-electron chi connectivity index (χ2n) is 4.40. The molecule has 1 heterocycles. The quantitative estimate of drug-likeness (QED) is 0.659. The van der Waals surface area contributed by atoms with Crippen molar-refractivity contribution in [1.29, 1.82) is 0 Å². The molecule has 1 fully saturated rings. The number of nitrogens with one attached hydrogen (secondary N) is 1. The normalized spacial score (nSPS) is 20.1. The van der Waals surface area contributed by atoms with Gasteiger partial charge in [-0.2, -0.15) is 0 Å². The zero-order chi connectivity index (χ0) is 11.3. The summed E-state index contributed by atoms with van der Waals surface area (Å²) in [5, 5.41) is 2.84. The van der Waals surface area contributed by atoms with Gasteiger partial charge in [-0.1, -0.05) is 0 Å². The number of nitrogens with zero attached hydrogens (tertiary/aromatic N) is 1. The van der Waals surface area contributed by atoms with Gasteiger partial charge in [0.05, 0.1) is 18.8 Å². The van der Waals surface area contributed by atoms with Crippen LogP contribution in [0.3, 0.4) is 0 Å². The van der Waals surface area contributed by atoms with E-state index in [9.17, 15) is 4.79 Å². The first-order valence-electron chi connectivity index (χ1n) is 5.42. The summed E-state index contributed by atoms with van der Waals surface area (Å²) < 4.78 is 5.53. The van der Waals surface area contributed by atoms with E-state index in [1.807, 2.05) is 13.8 Å². The maximum absolute atomic E-state index is 11.7. The molecule has 2 amide bonds. The molecule has 0 aromatic rings. The van der Waals surface area contributed by atoms with Gasteiger partial charge in [0.15, 0.2) is 0 Å². The zero-order valence-corrected chi connectivity index (χ0v) is 9.58. The number of morpholine rings is 1. The predicted molar refractivity (Wildman–Crippen MR) is 58.7 cm³/mol. The number of urea groups is 1. The van der Waals surface area contributed by atoms with Crippen LogP contribution in [0.1, 0.15) is 20.3 Å². The van der Waals surface area contributed by atoms with Crippen molar-refractivity contribution in [1.82, 2.24) is 10.2 Å². The molecule has 5 nitrogen and oxygen atoms in total. The lowest BCUT2D eigenvalue weighted by atomic mass is 10.1. The Balaban J connectivity index is 2.32. The summed E-state index contributed by atoms with van der Waals surface area (Å²) in [4.78, 5) is 13.5. The molecule has 1 aliphatic heterocycles. The predicted octanol–water partition coefficient (Wildman–Crippen LogP) is 0.156. The monoisotopic (exact) mass is 215 g/mol. The molecule has 5 heteroatoms. The van der Waals surface area contributed by atoms with E-state index in [2.05, 4.69) is 5.32 Å². The Morgan fingerprint density at radius 1 is 1.60 bits per heavy atom. The number of ether oxygens (including phenoxy) is 1. The van der Waals surface area contributed by atoms with E-state index in [1.165, 1.54) is 0 Å². The first-order chi connectivity index (χ1) is 7.05. The molecule has 15 heavy (non-hydrogen) atoms. The maximum Gasteiger partial charge on any atom is 0.317 e. The van der Waals surface area contributed by atoms with Gasteiger partial charge in [-0.15, -0.1) is 0 Å². The van der Waals surface area contributed by atoms with Gasteiger partial charge in [0.25, 0.3) is 0 Å². The van der Waals surface area contributed by atoms with Crippen LogP contribution in [0.4, 0.5) is 4.79 Å². The molecule has 0 unspecified atom stereocenters. The smallest absolute Gasteiger partial charge is 0.317 e. The molecule has 88 valence electrons. The van der Waals surface area contributed by atoms with Gasteiger partial charge in [0.1, 0.15) is 0 Å². The number of hydrogen-bond acceptors (Lipinski definition) is 3. The summed E-state index contributed by atoms with van der Waals surface area (Å²) in [6.45, 7) is 7.15. The third-order valence-corrected chi connectivity index (χ3v) is 2.37. The van der Waals surface area contributed by atoms with Crippen molar-refractivity contribution in [2.75, 3.05) is 32.8 Å². The Kier molecular flexibility index (Phi) is 4.35. The molecule has 1 rings (SSSR count). The van der Waals surface area contributed by atoms with Gasteiger partial charge >= 0.3 is 6.03 Å². The lowest BCUT2D eigenvalue weighted by molar-refractivity contribution is -0.0733. The standard InChI is InChI=1S/C10H21N3O2/c1-10(2)8-13(6-7-15-10)9(14)12-5-3-4-11/h3-8,11H2,1-2H3,(H,12,14). The third kappa shape index (κ3) is 4.05. The zero-order valence-electron chi connectivity index (χ0n) is 9.58. The van der Waals surface area contributed by atoms with Crippen molar-refractivity contribution in [3.05, 3.63) is 0 Å². The lowest BCUT2D eigenvalue weighted by Crippen LogP contribution is -2.53. The molecule has 1 saturated heterocycles. The molecule has 0 saturated carbocycles. The SMILES string of the molecule is CC1(C)CN(C(=O)NCCCN)CCO1. The largest absolute Gasteiger partial charge is 0.372 e. The van der Waals surface area contributed by atoms with Crippen LogP contribution < -0.4 is 11.1 Å². The number of hydrogen-bond donors (Lipinski definition) is 2. The summed E-state index contributed by atoms with van der Waals surface area (Å²) in [6, 6.07) is -0.0141. The highest BCUT2D eigenvalue weighted by atomic mass is 16.5. The van der Waals surface area contributed by atoms with Crippen LogP contribution in [0.5, 0.6) is 0 Å². The van der Waals surface area contributed by atoms with E-state index in [-0.39, 0.29) is 11.6 Å². The highest BCUT2D eigenvalue weighted by Gasteiger charge is 2.29. The first kappa shape index (κ1) is 12.3. The molecule has 0 radical (unpaired) electrons. The molecule has 0 spiro atoms. The molecule has 0 bridgehead atoms. The van der Waals surface area contributed by atoms with Crippen LogP contribution in [0.15, 0.2) is 0 Å². The molecule has 0 atom stereocenters. The van der Waals surface area contributed by atoms with Crippen molar-refractivity contribution in [3.63, 3.8) is 0 Å². The van der Waals surface area contributed by atoms with E-state index in [0.29, 0.717) is 32.8 Å². The summed E-state index contributed by atoms with van der Waals surface area (Å²) in [5.41, 5.74) is 5.12. The van der Waals surface area contributed by atoms with Gasteiger partial charge in [-0.3, -0.25) is 0 Å². The van der Waals surface area contributed by atoms with Gasteiger partial charge < -0.3 is 20.7 Å². The van der Waals surface area contributed by atoms with E-state index >= 15 is 0 Å². The molecule has 0 aromatic heterocycles. The lowest BCUT2D eigenvalue weighted by Gasteiger charge is -2.38.